The largest absolute Gasteiger partial charge is 0.459 e. The van der Waals surface area contributed by atoms with Gasteiger partial charge in [-0.25, -0.2) is 0 Å². The van der Waals surface area contributed by atoms with Crippen LogP contribution in [0.5, 0.6) is 0 Å². The molecule has 0 saturated carbocycles. The number of nitrogen functional groups attached to an aromatic ring is 1. The molecule has 0 unspecified atom stereocenters. The first kappa shape index (κ1) is 16.9. The van der Waals surface area contributed by atoms with Crippen molar-refractivity contribution in [3.8, 4) is 0 Å². The number of benzene rings is 1. The zero-order valence-corrected chi connectivity index (χ0v) is 13.8. The summed E-state index contributed by atoms with van der Waals surface area (Å²) in [4.78, 5) is 16.3. The van der Waals surface area contributed by atoms with Crippen LogP contribution in [0.25, 0.3) is 0 Å². The average molecular weight is 317 g/mol. The molecule has 1 amide bonds. The SMILES string of the molecule is COCCN(Cc1cc(N)ccc1N(C)C)C(=O)c1ccco1. The first-order valence-electron chi connectivity index (χ1n) is 7.40. The molecule has 0 fully saturated rings. The fourth-order valence-electron chi connectivity index (χ4n) is 2.38. The highest BCUT2D eigenvalue weighted by molar-refractivity contribution is 5.91. The predicted octanol–water partition coefficient (Wildman–Crippen LogP) is 2.22. The van der Waals surface area contributed by atoms with Gasteiger partial charge in [-0.05, 0) is 35.9 Å². The van der Waals surface area contributed by atoms with E-state index in [1.54, 1.807) is 24.1 Å². The van der Waals surface area contributed by atoms with E-state index in [2.05, 4.69) is 0 Å². The number of nitrogens with zero attached hydrogens (tertiary/aromatic N) is 2. The van der Waals surface area contributed by atoms with E-state index < -0.39 is 0 Å². The van der Waals surface area contributed by atoms with Gasteiger partial charge in [-0.15, -0.1) is 0 Å². The molecule has 0 atom stereocenters. The van der Waals surface area contributed by atoms with Gasteiger partial charge in [0.2, 0.25) is 0 Å². The Morgan fingerprint density at radius 3 is 2.70 bits per heavy atom. The molecule has 1 heterocycles. The number of furan rings is 1. The third kappa shape index (κ3) is 4.26. The quantitative estimate of drug-likeness (QED) is 0.793. The highest BCUT2D eigenvalue weighted by atomic mass is 16.5. The molecule has 2 N–H and O–H groups in total. The zero-order chi connectivity index (χ0) is 16.8. The third-order valence-corrected chi connectivity index (χ3v) is 3.53. The van der Waals surface area contributed by atoms with E-state index in [0.717, 1.165) is 11.3 Å². The molecule has 2 aromatic rings. The average Bonchev–Trinajstić information content (AvgIpc) is 3.04. The molecular formula is C17H23N3O3. The number of hydrogen-bond donors (Lipinski definition) is 1. The van der Waals surface area contributed by atoms with Crippen LogP contribution in [-0.4, -0.2) is 45.2 Å². The van der Waals surface area contributed by atoms with Crippen LogP contribution in [0.2, 0.25) is 0 Å². The predicted molar refractivity (Wildman–Crippen MR) is 90.5 cm³/mol. The monoisotopic (exact) mass is 317 g/mol. The maximum absolute atomic E-state index is 12.6. The Labute approximate surface area is 136 Å². The number of carbonyl (C=O) groups is 1. The molecule has 0 radical (unpaired) electrons. The Bertz CT molecular complexity index is 639. The fraction of sp³-hybridized carbons (Fsp3) is 0.353. The van der Waals surface area contributed by atoms with E-state index in [1.807, 2.05) is 37.2 Å². The Hall–Kier alpha value is -2.47. The van der Waals surface area contributed by atoms with Gasteiger partial charge in [-0.2, -0.15) is 0 Å². The van der Waals surface area contributed by atoms with E-state index in [4.69, 9.17) is 14.9 Å². The van der Waals surface area contributed by atoms with Crippen LogP contribution in [-0.2, 0) is 11.3 Å². The highest BCUT2D eigenvalue weighted by Gasteiger charge is 2.20. The summed E-state index contributed by atoms with van der Waals surface area (Å²) in [6, 6.07) is 9.07. The lowest BCUT2D eigenvalue weighted by molar-refractivity contribution is 0.0649. The number of hydrogen-bond acceptors (Lipinski definition) is 5. The lowest BCUT2D eigenvalue weighted by atomic mass is 10.1. The Balaban J connectivity index is 2.27. The maximum atomic E-state index is 12.6. The van der Waals surface area contributed by atoms with Gasteiger partial charge >= 0.3 is 0 Å². The molecule has 124 valence electrons. The van der Waals surface area contributed by atoms with E-state index >= 15 is 0 Å². The van der Waals surface area contributed by atoms with Gasteiger partial charge in [0.05, 0.1) is 12.9 Å². The van der Waals surface area contributed by atoms with Crippen molar-refractivity contribution < 1.29 is 13.9 Å². The Morgan fingerprint density at radius 2 is 2.09 bits per heavy atom. The molecule has 0 aliphatic heterocycles. The van der Waals surface area contributed by atoms with Crippen molar-refractivity contribution in [3.05, 3.63) is 47.9 Å². The van der Waals surface area contributed by atoms with Crippen LogP contribution < -0.4 is 10.6 Å². The van der Waals surface area contributed by atoms with Crippen LogP contribution in [0, 0.1) is 0 Å². The molecule has 2 rings (SSSR count). The lowest BCUT2D eigenvalue weighted by Gasteiger charge is -2.25. The molecule has 6 heteroatoms. The molecule has 1 aromatic heterocycles. The number of carbonyl (C=O) groups excluding carboxylic acids is 1. The fourth-order valence-corrected chi connectivity index (χ4v) is 2.38. The third-order valence-electron chi connectivity index (χ3n) is 3.53. The Kier molecular flexibility index (Phi) is 5.65. The zero-order valence-electron chi connectivity index (χ0n) is 13.8. The van der Waals surface area contributed by atoms with Gasteiger partial charge in [-0.3, -0.25) is 4.79 Å². The summed E-state index contributed by atoms with van der Waals surface area (Å²) >= 11 is 0. The summed E-state index contributed by atoms with van der Waals surface area (Å²) in [5.74, 6) is 0.149. The minimum absolute atomic E-state index is 0.167. The molecule has 6 nitrogen and oxygen atoms in total. The first-order chi connectivity index (χ1) is 11.0. The summed E-state index contributed by atoms with van der Waals surface area (Å²) in [7, 11) is 5.53. The van der Waals surface area contributed by atoms with Crippen molar-refractivity contribution in [2.24, 2.45) is 0 Å². The summed E-state index contributed by atoms with van der Waals surface area (Å²) in [6.45, 7) is 1.35. The summed E-state index contributed by atoms with van der Waals surface area (Å²) in [5, 5.41) is 0. The second-order valence-corrected chi connectivity index (χ2v) is 5.48. The van der Waals surface area contributed by atoms with E-state index in [-0.39, 0.29) is 5.91 Å². The number of methoxy groups -OCH3 is 1. The first-order valence-corrected chi connectivity index (χ1v) is 7.40. The van der Waals surface area contributed by atoms with E-state index in [0.29, 0.717) is 31.1 Å². The molecule has 0 aliphatic rings. The van der Waals surface area contributed by atoms with Crippen molar-refractivity contribution in [2.75, 3.05) is 45.0 Å². The molecular weight excluding hydrogens is 294 g/mol. The number of anilines is 2. The second kappa shape index (κ2) is 7.69. The van der Waals surface area contributed by atoms with E-state index in [9.17, 15) is 4.79 Å². The van der Waals surface area contributed by atoms with E-state index in [1.165, 1.54) is 6.26 Å². The van der Waals surface area contributed by atoms with Gasteiger partial charge in [0.25, 0.3) is 5.91 Å². The van der Waals surface area contributed by atoms with Crippen LogP contribution >= 0.6 is 0 Å². The molecule has 0 aliphatic carbocycles. The number of amides is 1. The number of nitrogens with two attached hydrogens (primary N) is 1. The van der Waals surface area contributed by atoms with Gasteiger partial charge in [0.15, 0.2) is 5.76 Å². The van der Waals surface area contributed by atoms with Gasteiger partial charge in [-0.1, -0.05) is 0 Å². The number of ether oxygens (including phenoxy) is 1. The minimum atomic E-state index is -0.167. The van der Waals surface area contributed by atoms with Gasteiger partial charge < -0.3 is 24.7 Å². The van der Waals surface area contributed by atoms with Crippen molar-refractivity contribution in [3.63, 3.8) is 0 Å². The standard InChI is InChI=1S/C17H23N3O3/c1-19(2)15-7-6-14(18)11-13(15)12-20(8-10-22-3)17(21)16-5-4-9-23-16/h4-7,9,11H,8,10,12,18H2,1-3H3. The maximum Gasteiger partial charge on any atom is 0.289 e. The van der Waals surface area contributed by atoms with Crippen LogP contribution in [0.4, 0.5) is 11.4 Å². The van der Waals surface area contributed by atoms with Crippen LogP contribution in [0.3, 0.4) is 0 Å². The molecule has 0 saturated heterocycles. The Morgan fingerprint density at radius 1 is 1.30 bits per heavy atom. The van der Waals surface area contributed by atoms with Gasteiger partial charge in [0, 0.05) is 45.7 Å². The number of rotatable bonds is 7. The molecule has 0 bridgehead atoms. The van der Waals surface area contributed by atoms with Gasteiger partial charge in [0.1, 0.15) is 0 Å². The van der Waals surface area contributed by atoms with Crippen LogP contribution in [0.15, 0.2) is 41.0 Å². The lowest BCUT2D eigenvalue weighted by Crippen LogP contribution is -2.33. The molecule has 23 heavy (non-hydrogen) atoms. The topological polar surface area (TPSA) is 71.9 Å². The second-order valence-electron chi connectivity index (χ2n) is 5.48. The van der Waals surface area contributed by atoms with Crippen molar-refractivity contribution >= 4 is 17.3 Å². The molecule has 0 spiro atoms. The molecule has 1 aromatic carbocycles. The van der Waals surface area contributed by atoms with Crippen molar-refractivity contribution in [1.29, 1.82) is 0 Å². The summed E-state index contributed by atoms with van der Waals surface area (Å²) < 4.78 is 10.3. The summed E-state index contributed by atoms with van der Waals surface area (Å²) in [6.07, 6.45) is 1.49. The van der Waals surface area contributed by atoms with Crippen molar-refractivity contribution in [2.45, 2.75) is 6.54 Å². The summed E-state index contributed by atoms with van der Waals surface area (Å²) in [5.41, 5.74) is 8.58. The highest BCUT2D eigenvalue weighted by Crippen LogP contribution is 2.23. The minimum Gasteiger partial charge on any atom is -0.459 e. The van der Waals surface area contributed by atoms with Crippen molar-refractivity contribution in [1.82, 2.24) is 4.90 Å². The normalized spacial score (nSPS) is 10.6. The smallest absolute Gasteiger partial charge is 0.289 e. The van der Waals surface area contributed by atoms with Crippen LogP contribution in [0.1, 0.15) is 16.1 Å².